The minimum atomic E-state index is -0.103. The van der Waals surface area contributed by atoms with E-state index in [2.05, 4.69) is 4.90 Å². The quantitative estimate of drug-likeness (QED) is 0.711. The van der Waals surface area contributed by atoms with Gasteiger partial charge in [-0.3, -0.25) is 4.79 Å². The Morgan fingerprint density at radius 2 is 1.83 bits per heavy atom. The molecule has 1 aromatic carbocycles. The molecule has 1 atom stereocenters. The molecule has 0 aromatic heterocycles. The van der Waals surface area contributed by atoms with Crippen molar-refractivity contribution in [2.45, 2.75) is 19.3 Å². The Hall–Kier alpha value is -1.95. The van der Waals surface area contributed by atoms with Crippen LogP contribution in [-0.4, -0.2) is 58.9 Å². The van der Waals surface area contributed by atoms with E-state index in [0.717, 1.165) is 31.5 Å². The summed E-state index contributed by atoms with van der Waals surface area (Å²) in [6.45, 7) is 2.18. The normalized spacial score (nSPS) is 18.1. The summed E-state index contributed by atoms with van der Waals surface area (Å²) in [6, 6.07) is 3.76. The van der Waals surface area contributed by atoms with Crippen LogP contribution >= 0.6 is 0 Å². The monoisotopic (exact) mass is 337 g/mol. The lowest BCUT2D eigenvalue weighted by Crippen LogP contribution is -2.37. The highest BCUT2D eigenvalue weighted by Crippen LogP contribution is 2.38. The van der Waals surface area contributed by atoms with Gasteiger partial charge in [0, 0.05) is 13.0 Å². The zero-order valence-electron chi connectivity index (χ0n) is 15.0. The fourth-order valence-electron chi connectivity index (χ4n) is 3.03. The van der Waals surface area contributed by atoms with Crippen LogP contribution in [0.1, 0.15) is 18.4 Å². The Morgan fingerprint density at radius 1 is 1.17 bits per heavy atom. The van der Waals surface area contributed by atoms with Gasteiger partial charge in [-0.05, 0) is 44.1 Å². The van der Waals surface area contributed by atoms with Crippen molar-refractivity contribution >= 4 is 5.97 Å². The maximum Gasteiger partial charge on any atom is 0.310 e. The van der Waals surface area contributed by atoms with Crippen molar-refractivity contribution in [1.29, 1.82) is 0 Å². The van der Waals surface area contributed by atoms with Crippen LogP contribution < -0.4 is 14.2 Å². The van der Waals surface area contributed by atoms with E-state index in [9.17, 15) is 4.79 Å². The molecule has 0 spiro atoms. The Bertz CT molecular complexity index is 535. The van der Waals surface area contributed by atoms with Gasteiger partial charge in [0.05, 0.1) is 33.9 Å². The summed E-state index contributed by atoms with van der Waals surface area (Å²) in [6.07, 6.45) is 2.56. The predicted molar refractivity (Wildman–Crippen MR) is 91.0 cm³/mol. The fourth-order valence-corrected chi connectivity index (χ4v) is 3.03. The first-order chi connectivity index (χ1) is 11.6. The van der Waals surface area contributed by atoms with Gasteiger partial charge in [0.15, 0.2) is 11.5 Å². The molecular weight excluding hydrogens is 310 g/mol. The number of ether oxygens (including phenoxy) is 4. The van der Waals surface area contributed by atoms with Gasteiger partial charge in [-0.15, -0.1) is 0 Å². The van der Waals surface area contributed by atoms with Crippen LogP contribution in [0.15, 0.2) is 12.1 Å². The molecule has 24 heavy (non-hydrogen) atoms. The summed E-state index contributed by atoms with van der Waals surface area (Å²) in [5.41, 5.74) is 0.970. The van der Waals surface area contributed by atoms with Gasteiger partial charge in [-0.1, -0.05) is 0 Å². The van der Waals surface area contributed by atoms with E-state index in [1.54, 1.807) is 21.3 Å². The highest BCUT2D eigenvalue weighted by molar-refractivity contribution is 5.72. The number of rotatable bonds is 7. The van der Waals surface area contributed by atoms with Crippen molar-refractivity contribution in [3.8, 4) is 17.2 Å². The second kappa shape index (κ2) is 8.78. The molecule has 1 aromatic rings. The second-order valence-electron chi connectivity index (χ2n) is 6.05. The van der Waals surface area contributed by atoms with E-state index in [1.807, 2.05) is 19.2 Å². The van der Waals surface area contributed by atoms with Gasteiger partial charge in [-0.2, -0.15) is 0 Å². The predicted octanol–water partition coefficient (Wildman–Crippen LogP) is 2.14. The van der Waals surface area contributed by atoms with Crippen molar-refractivity contribution in [2.75, 3.05) is 48.1 Å². The summed E-state index contributed by atoms with van der Waals surface area (Å²) in [4.78, 5) is 14.3. The van der Waals surface area contributed by atoms with Crippen LogP contribution in [0.25, 0.3) is 0 Å². The van der Waals surface area contributed by atoms with Crippen LogP contribution in [0.2, 0.25) is 0 Å². The molecule has 0 unspecified atom stereocenters. The van der Waals surface area contributed by atoms with E-state index in [-0.39, 0.29) is 11.9 Å². The van der Waals surface area contributed by atoms with E-state index >= 15 is 0 Å². The lowest BCUT2D eigenvalue weighted by molar-refractivity contribution is -0.150. The number of piperidine rings is 1. The van der Waals surface area contributed by atoms with Gasteiger partial charge in [0.25, 0.3) is 0 Å². The van der Waals surface area contributed by atoms with Crippen molar-refractivity contribution in [1.82, 2.24) is 4.90 Å². The Labute approximate surface area is 143 Å². The van der Waals surface area contributed by atoms with Crippen LogP contribution in [0.3, 0.4) is 0 Å². The average molecular weight is 337 g/mol. The minimum absolute atomic E-state index is 0.0105. The van der Waals surface area contributed by atoms with E-state index in [1.165, 1.54) is 0 Å². The first-order valence-corrected chi connectivity index (χ1v) is 8.23. The third kappa shape index (κ3) is 4.54. The van der Waals surface area contributed by atoms with E-state index in [4.69, 9.17) is 18.9 Å². The molecule has 0 aliphatic carbocycles. The number of nitrogens with zero attached hydrogens (tertiary/aromatic N) is 1. The largest absolute Gasteiger partial charge is 0.493 e. The number of hydrogen-bond acceptors (Lipinski definition) is 6. The molecule has 0 saturated carbocycles. The van der Waals surface area contributed by atoms with Gasteiger partial charge in [0.1, 0.15) is 0 Å². The van der Waals surface area contributed by atoms with Gasteiger partial charge < -0.3 is 23.8 Å². The van der Waals surface area contributed by atoms with Crippen molar-refractivity contribution < 1.29 is 23.7 Å². The molecule has 1 fully saturated rings. The molecule has 0 radical (unpaired) electrons. The molecule has 1 aliphatic heterocycles. The first kappa shape index (κ1) is 18.4. The Balaban J connectivity index is 1.93. The molecule has 2 rings (SSSR count). The fraction of sp³-hybridized carbons (Fsp3) is 0.611. The third-order valence-electron chi connectivity index (χ3n) is 4.32. The maximum atomic E-state index is 12.2. The number of carbonyl (C=O) groups is 1. The number of carbonyl (C=O) groups excluding carboxylic acids is 1. The van der Waals surface area contributed by atoms with Crippen LogP contribution in [0, 0.1) is 5.92 Å². The number of methoxy groups -OCH3 is 3. The van der Waals surface area contributed by atoms with Gasteiger partial charge in [0.2, 0.25) is 5.75 Å². The van der Waals surface area contributed by atoms with Crippen LogP contribution in [0.5, 0.6) is 17.2 Å². The van der Waals surface area contributed by atoms with E-state index in [0.29, 0.717) is 30.3 Å². The molecule has 0 bridgehead atoms. The van der Waals surface area contributed by atoms with Crippen molar-refractivity contribution in [3.05, 3.63) is 17.7 Å². The topological polar surface area (TPSA) is 57.2 Å². The highest BCUT2D eigenvalue weighted by Gasteiger charge is 2.25. The molecule has 6 nitrogen and oxygen atoms in total. The third-order valence-corrected chi connectivity index (χ3v) is 4.32. The first-order valence-electron chi connectivity index (χ1n) is 8.23. The molecule has 6 heteroatoms. The Morgan fingerprint density at radius 3 is 2.38 bits per heavy atom. The van der Waals surface area contributed by atoms with Crippen LogP contribution in [-0.2, 0) is 16.0 Å². The molecule has 1 heterocycles. The number of hydrogen-bond donors (Lipinski definition) is 0. The van der Waals surface area contributed by atoms with E-state index < -0.39 is 0 Å². The maximum absolute atomic E-state index is 12.2. The smallest absolute Gasteiger partial charge is 0.310 e. The second-order valence-corrected chi connectivity index (χ2v) is 6.05. The standard InChI is InChI=1S/C18H27NO5/c1-19-8-5-6-14(12-19)18(20)24-9-7-13-10-15(21-2)17(23-4)16(11-13)22-3/h10-11,14H,5-9,12H2,1-4H3/t14-/m1/s1. The SMILES string of the molecule is COc1cc(CCOC(=O)[C@@H]2CCCN(C)C2)cc(OC)c1OC. The molecule has 0 amide bonds. The molecule has 1 aliphatic rings. The summed E-state index contributed by atoms with van der Waals surface area (Å²) in [7, 11) is 6.78. The number of benzene rings is 1. The molecule has 1 saturated heterocycles. The zero-order valence-corrected chi connectivity index (χ0v) is 15.0. The molecule has 134 valence electrons. The van der Waals surface area contributed by atoms with Crippen molar-refractivity contribution in [3.63, 3.8) is 0 Å². The lowest BCUT2D eigenvalue weighted by atomic mass is 9.99. The summed E-state index contributed by atoms with van der Waals surface area (Å²) >= 11 is 0. The van der Waals surface area contributed by atoms with Crippen LogP contribution in [0.4, 0.5) is 0 Å². The summed E-state index contributed by atoms with van der Waals surface area (Å²) in [5.74, 6) is 1.66. The molecular formula is C18H27NO5. The minimum Gasteiger partial charge on any atom is -0.493 e. The average Bonchev–Trinajstić information content (AvgIpc) is 2.60. The summed E-state index contributed by atoms with van der Waals surface area (Å²) in [5, 5.41) is 0. The summed E-state index contributed by atoms with van der Waals surface area (Å²) < 4.78 is 21.4. The highest BCUT2D eigenvalue weighted by atomic mass is 16.5. The molecule has 0 N–H and O–H groups in total. The zero-order chi connectivity index (χ0) is 17.5. The lowest BCUT2D eigenvalue weighted by Gasteiger charge is -2.28. The van der Waals surface area contributed by atoms with Crippen molar-refractivity contribution in [2.24, 2.45) is 5.92 Å². The number of likely N-dealkylation sites (tertiary alicyclic amines) is 1. The van der Waals surface area contributed by atoms with Gasteiger partial charge >= 0.3 is 5.97 Å². The van der Waals surface area contributed by atoms with Gasteiger partial charge in [-0.25, -0.2) is 0 Å². The Kier molecular flexibility index (Phi) is 6.73. The number of esters is 1.